The maximum Gasteiger partial charge on any atom is 0.132 e. The maximum atomic E-state index is 10.7. The van der Waals surface area contributed by atoms with Gasteiger partial charge in [-0.15, -0.1) is 0 Å². The van der Waals surface area contributed by atoms with Crippen LogP contribution in [0.2, 0.25) is 0 Å². The van der Waals surface area contributed by atoms with Crippen molar-refractivity contribution in [2.75, 3.05) is 12.0 Å². The Morgan fingerprint density at radius 3 is 2.64 bits per heavy atom. The molecule has 0 saturated heterocycles. The van der Waals surface area contributed by atoms with Crippen LogP contribution < -0.4 is 0 Å². The van der Waals surface area contributed by atoms with E-state index in [0.29, 0.717) is 18.6 Å². The predicted octanol–water partition coefficient (Wildman–Crippen LogP) is 1.33. The fraction of sp³-hybridized carbons (Fsp3) is 0.750. The highest BCUT2D eigenvalue weighted by molar-refractivity contribution is 7.90. The summed E-state index contributed by atoms with van der Waals surface area (Å²) in [5.41, 5.74) is 0. The zero-order valence-electron chi connectivity index (χ0n) is 6.97. The molecular weight excluding hydrogens is 160 g/mol. The lowest BCUT2D eigenvalue weighted by molar-refractivity contribution is -0.118. The zero-order valence-corrected chi connectivity index (χ0v) is 7.78. The molecular formula is C8H15O2S. The van der Waals surface area contributed by atoms with Gasteiger partial charge in [0.25, 0.3) is 0 Å². The second-order valence-corrected chi connectivity index (χ2v) is 4.08. The van der Waals surface area contributed by atoms with Gasteiger partial charge in [-0.1, -0.05) is 11.2 Å². The standard InChI is InChI=1S/C8H15O2S/c1-3-8(9)6-4-5-7-11(2)10/h1,3-7H2,2H3. The molecule has 0 N–H and O–H groups in total. The lowest BCUT2D eigenvalue weighted by Crippen LogP contribution is -2.04. The molecule has 0 spiro atoms. The Kier molecular flexibility index (Phi) is 6.66. The number of Topliss-reactive ketones (excluding diaryl/α,β-unsaturated/α-hetero) is 1. The van der Waals surface area contributed by atoms with Gasteiger partial charge in [-0.2, -0.15) is 0 Å². The van der Waals surface area contributed by atoms with Gasteiger partial charge in [0.15, 0.2) is 0 Å². The molecule has 0 aliphatic carbocycles. The molecule has 1 radical (unpaired) electrons. The Balaban J connectivity index is 3.08. The molecule has 0 aromatic carbocycles. The molecule has 0 aromatic heterocycles. The number of carbonyl (C=O) groups is 1. The van der Waals surface area contributed by atoms with Crippen LogP contribution in [-0.2, 0) is 16.0 Å². The first kappa shape index (κ1) is 11.0. The third-order valence-electron chi connectivity index (χ3n) is 1.42. The summed E-state index contributed by atoms with van der Waals surface area (Å²) < 4.78 is 10.6. The molecule has 11 heavy (non-hydrogen) atoms. The van der Waals surface area contributed by atoms with Gasteiger partial charge in [0, 0.05) is 12.8 Å². The van der Waals surface area contributed by atoms with Gasteiger partial charge in [-0.25, -0.2) is 0 Å². The number of rotatable bonds is 6. The summed E-state index contributed by atoms with van der Waals surface area (Å²) in [5.74, 6) is 0.914. The Labute approximate surface area is 71.5 Å². The van der Waals surface area contributed by atoms with Crippen molar-refractivity contribution in [3.63, 3.8) is 0 Å². The SMILES string of the molecule is [CH2]CC(=O)CCCC[S+](C)[O-]. The lowest BCUT2D eigenvalue weighted by Gasteiger charge is -2.03. The number of ketones is 1. The van der Waals surface area contributed by atoms with Gasteiger partial charge in [-0.3, -0.25) is 4.79 Å². The van der Waals surface area contributed by atoms with Crippen molar-refractivity contribution in [2.24, 2.45) is 0 Å². The molecule has 2 nitrogen and oxygen atoms in total. The number of unbranched alkanes of at least 4 members (excludes halogenated alkanes) is 1. The highest BCUT2D eigenvalue weighted by Gasteiger charge is 2.00. The van der Waals surface area contributed by atoms with Gasteiger partial charge < -0.3 is 4.55 Å². The van der Waals surface area contributed by atoms with Crippen LogP contribution in [0.1, 0.15) is 25.7 Å². The largest absolute Gasteiger partial charge is 0.617 e. The molecule has 3 heteroatoms. The molecule has 0 aliphatic heterocycles. The highest BCUT2D eigenvalue weighted by atomic mass is 32.2. The molecule has 0 fully saturated rings. The summed E-state index contributed by atoms with van der Waals surface area (Å²) in [6, 6.07) is 0. The van der Waals surface area contributed by atoms with E-state index in [4.69, 9.17) is 0 Å². The summed E-state index contributed by atoms with van der Waals surface area (Å²) in [5, 5.41) is 0. The Hall–Kier alpha value is -0.0200. The Morgan fingerprint density at radius 2 is 2.18 bits per heavy atom. The highest BCUT2D eigenvalue weighted by Crippen LogP contribution is 2.00. The van der Waals surface area contributed by atoms with Crippen LogP contribution in [0.4, 0.5) is 0 Å². The summed E-state index contributed by atoms with van der Waals surface area (Å²) in [7, 11) is 0. The number of carbonyl (C=O) groups excluding carboxylic acids is 1. The van der Waals surface area contributed by atoms with E-state index in [-0.39, 0.29) is 5.78 Å². The van der Waals surface area contributed by atoms with E-state index < -0.39 is 11.2 Å². The minimum absolute atomic E-state index is 0.201. The quantitative estimate of drug-likeness (QED) is 0.451. The van der Waals surface area contributed by atoms with Crippen LogP contribution in [0.25, 0.3) is 0 Å². The van der Waals surface area contributed by atoms with E-state index in [0.717, 1.165) is 12.8 Å². The van der Waals surface area contributed by atoms with Crippen LogP contribution in [-0.4, -0.2) is 22.3 Å². The van der Waals surface area contributed by atoms with Gasteiger partial charge >= 0.3 is 0 Å². The van der Waals surface area contributed by atoms with Gasteiger partial charge in [0.05, 0.1) is 6.26 Å². The summed E-state index contributed by atoms with van der Waals surface area (Å²) >= 11 is -0.709. The monoisotopic (exact) mass is 175 g/mol. The number of hydrogen-bond donors (Lipinski definition) is 0. The molecule has 1 unspecified atom stereocenters. The fourth-order valence-corrected chi connectivity index (χ4v) is 1.36. The fourth-order valence-electron chi connectivity index (χ4n) is 0.752. The summed E-state index contributed by atoms with van der Waals surface area (Å²) in [6.45, 7) is 3.49. The van der Waals surface area contributed by atoms with Crippen molar-refractivity contribution in [3.8, 4) is 0 Å². The molecule has 0 rings (SSSR count). The molecule has 65 valence electrons. The van der Waals surface area contributed by atoms with Crippen LogP contribution >= 0.6 is 0 Å². The average Bonchev–Trinajstić information content (AvgIpc) is 1.97. The van der Waals surface area contributed by atoms with E-state index in [2.05, 4.69) is 6.92 Å². The van der Waals surface area contributed by atoms with E-state index in [1.807, 2.05) is 0 Å². The van der Waals surface area contributed by atoms with Crippen molar-refractivity contribution in [1.82, 2.24) is 0 Å². The van der Waals surface area contributed by atoms with Crippen LogP contribution in [0.15, 0.2) is 0 Å². The van der Waals surface area contributed by atoms with Crippen molar-refractivity contribution in [1.29, 1.82) is 0 Å². The van der Waals surface area contributed by atoms with Gasteiger partial charge in [0.1, 0.15) is 11.5 Å². The van der Waals surface area contributed by atoms with Crippen LogP contribution in [0.3, 0.4) is 0 Å². The van der Waals surface area contributed by atoms with E-state index >= 15 is 0 Å². The number of hydrogen-bond acceptors (Lipinski definition) is 2. The molecule has 0 heterocycles. The topological polar surface area (TPSA) is 40.1 Å². The van der Waals surface area contributed by atoms with Gasteiger partial charge in [0.2, 0.25) is 0 Å². The molecule has 0 aliphatic rings. The summed E-state index contributed by atoms with van der Waals surface area (Å²) in [6.07, 6.45) is 4.40. The van der Waals surface area contributed by atoms with Gasteiger partial charge in [-0.05, 0) is 19.8 Å². The van der Waals surface area contributed by atoms with E-state index in [1.54, 1.807) is 6.26 Å². The normalized spacial score (nSPS) is 13.0. The minimum Gasteiger partial charge on any atom is -0.617 e. The third kappa shape index (κ3) is 7.88. The van der Waals surface area contributed by atoms with Crippen molar-refractivity contribution >= 4 is 17.0 Å². The van der Waals surface area contributed by atoms with Crippen LogP contribution in [0.5, 0.6) is 0 Å². The first-order valence-electron chi connectivity index (χ1n) is 3.77. The smallest absolute Gasteiger partial charge is 0.132 e. The van der Waals surface area contributed by atoms with Crippen molar-refractivity contribution in [2.45, 2.75) is 25.7 Å². The first-order valence-corrected chi connectivity index (χ1v) is 5.50. The Bertz CT molecular complexity index is 113. The molecule has 1 atom stereocenters. The van der Waals surface area contributed by atoms with Crippen molar-refractivity contribution < 1.29 is 9.35 Å². The second kappa shape index (κ2) is 6.68. The molecule has 0 saturated carbocycles. The molecule has 0 aromatic rings. The third-order valence-corrected chi connectivity index (χ3v) is 2.28. The lowest BCUT2D eigenvalue weighted by atomic mass is 10.1. The average molecular weight is 175 g/mol. The second-order valence-electron chi connectivity index (χ2n) is 2.52. The Morgan fingerprint density at radius 1 is 1.55 bits per heavy atom. The predicted molar refractivity (Wildman–Crippen MR) is 47.8 cm³/mol. The van der Waals surface area contributed by atoms with Crippen LogP contribution in [0, 0.1) is 6.92 Å². The maximum absolute atomic E-state index is 10.7. The minimum atomic E-state index is -0.709. The van der Waals surface area contributed by atoms with E-state index in [1.165, 1.54) is 0 Å². The summed E-state index contributed by atoms with van der Waals surface area (Å²) in [4.78, 5) is 10.7. The first-order chi connectivity index (χ1) is 5.16. The molecule has 0 bridgehead atoms. The zero-order chi connectivity index (χ0) is 8.69. The van der Waals surface area contributed by atoms with Crippen molar-refractivity contribution in [3.05, 3.63) is 6.92 Å². The molecule has 0 amide bonds. The van der Waals surface area contributed by atoms with E-state index in [9.17, 15) is 9.35 Å².